The Balaban J connectivity index is 1.44. The van der Waals surface area contributed by atoms with Gasteiger partial charge in [-0.3, -0.25) is 9.59 Å². The molecular weight excluding hydrogens is 447 g/mol. The van der Waals surface area contributed by atoms with Crippen LogP contribution < -0.4 is 10.2 Å². The Hall–Kier alpha value is -3.53. The summed E-state index contributed by atoms with van der Waals surface area (Å²) in [7, 11) is -3.33. The van der Waals surface area contributed by atoms with E-state index in [4.69, 9.17) is 0 Å². The SMILES string of the molecule is Cc1ccccc1-n1nc2c(c1NC(=O)C1CC(=O)N(c3ccc(F)cc3)C1)CS(=O)(=O)C2. The van der Waals surface area contributed by atoms with E-state index in [1.807, 2.05) is 31.2 Å². The molecule has 0 aliphatic carbocycles. The summed E-state index contributed by atoms with van der Waals surface area (Å²) in [5.74, 6) is -1.74. The summed E-state index contributed by atoms with van der Waals surface area (Å²) in [5.41, 5.74) is 3.06. The highest BCUT2D eigenvalue weighted by atomic mass is 32.2. The molecule has 8 nitrogen and oxygen atoms in total. The molecular formula is C23H21FN4O4S. The Labute approximate surface area is 189 Å². The molecule has 1 fully saturated rings. The molecule has 2 aromatic carbocycles. The zero-order chi connectivity index (χ0) is 23.3. The molecule has 3 aromatic rings. The lowest BCUT2D eigenvalue weighted by Crippen LogP contribution is -2.29. The van der Waals surface area contributed by atoms with Gasteiger partial charge in [0.2, 0.25) is 11.8 Å². The van der Waals surface area contributed by atoms with Gasteiger partial charge in [0.15, 0.2) is 9.84 Å². The Morgan fingerprint density at radius 2 is 1.85 bits per heavy atom. The second-order valence-electron chi connectivity index (χ2n) is 8.38. The van der Waals surface area contributed by atoms with Crippen molar-refractivity contribution in [2.24, 2.45) is 5.92 Å². The van der Waals surface area contributed by atoms with E-state index in [9.17, 15) is 22.4 Å². The minimum absolute atomic E-state index is 0.00218. The van der Waals surface area contributed by atoms with Crippen LogP contribution in [0.3, 0.4) is 0 Å². The first-order valence-electron chi connectivity index (χ1n) is 10.5. The van der Waals surface area contributed by atoms with Crippen LogP contribution in [-0.2, 0) is 30.9 Å². The minimum Gasteiger partial charge on any atom is -0.312 e. The molecule has 0 spiro atoms. The molecule has 10 heteroatoms. The van der Waals surface area contributed by atoms with Crippen LogP contribution in [0.4, 0.5) is 15.9 Å². The normalized spacial score (nSPS) is 19.0. The molecule has 0 bridgehead atoms. The van der Waals surface area contributed by atoms with Crippen molar-refractivity contribution in [3.8, 4) is 5.69 Å². The number of hydrogen-bond acceptors (Lipinski definition) is 5. The number of carbonyl (C=O) groups excluding carboxylic acids is 2. The van der Waals surface area contributed by atoms with Crippen molar-refractivity contribution in [3.63, 3.8) is 0 Å². The number of carbonyl (C=O) groups is 2. The average molecular weight is 469 g/mol. The molecule has 3 heterocycles. The van der Waals surface area contributed by atoms with E-state index < -0.39 is 27.5 Å². The third-order valence-corrected chi connectivity index (χ3v) is 7.45. The van der Waals surface area contributed by atoms with Crippen LogP contribution >= 0.6 is 0 Å². The monoisotopic (exact) mass is 468 g/mol. The summed E-state index contributed by atoms with van der Waals surface area (Å²) in [6.07, 6.45) is 0.00218. The van der Waals surface area contributed by atoms with E-state index in [1.54, 1.807) is 4.68 Å². The maximum absolute atomic E-state index is 13.2. The van der Waals surface area contributed by atoms with Gasteiger partial charge in [0, 0.05) is 24.2 Å². The zero-order valence-corrected chi connectivity index (χ0v) is 18.6. The third-order valence-electron chi connectivity index (χ3n) is 6.01. The Bertz CT molecular complexity index is 1380. The largest absolute Gasteiger partial charge is 0.312 e. The van der Waals surface area contributed by atoms with E-state index in [2.05, 4.69) is 10.4 Å². The Morgan fingerprint density at radius 1 is 1.12 bits per heavy atom. The fourth-order valence-corrected chi connectivity index (χ4v) is 5.81. The van der Waals surface area contributed by atoms with Gasteiger partial charge >= 0.3 is 0 Å². The van der Waals surface area contributed by atoms with Crippen LogP contribution in [0.1, 0.15) is 23.2 Å². The number of hydrogen-bond donors (Lipinski definition) is 1. The van der Waals surface area contributed by atoms with Crippen molar-refractivity contribution in [1.82, 2.24) is 9.78 Å². The molecule has 170 valence electrons. The first kappa shape index (κ1) is 21.3. The molecule has 33 heavy (non-hydrogen) atoms. The summed E-state index contributed by atoms with van der Waals surface area (Å²) >= 11 is 0. The topological polar surface area (TPSA) is 101 Å². The summed E-state index contributed by atoms with van der Waals surface area (Å²) in [5, 5.41) is 7.35. The number of aryl methyl sites for hydroxylation is 1. The Kier molecular flexibility index (Phi) is 5.04. The highest BCUT2D eigenvalue weighted by molar-refractivity contribution is 7.90. The smallest absolute Gasteiger partial charge is 0.230 e. The first-order chi connectivity index (χ1) is 15.7. The third kappa shape index (κ3) is 3.91. The average Bonchev–Trinajstić information content (AvgIpc) is 3.39. The number of para-hydroxylation sites is 1. The van der Waals surface area contributed by atoms with Gasteiger partial charge in [0.25, 0.3) is 0 Å². The quantitative estimate of drug-likeness (QED) is 0.635. The number of anilines is 2. The first-order valence-corrected chi connectivity index (χ1v) is 12.3. The van der Waals surface area contributed by atoms with E-state index in [-0.39, 0.29) is 30.4 Å². The molecule has 5 rings (SSSR count). The number of sulfone groups is 1. The van der Waals surface area contributed by atoms with Gasteiger partial charge < -0.3 is 10.2 Å². The highest BCUT2D eigenvalue weighted by Crippen LogP contribution is 2.34. The van der Waals surface area contributed by atoms with Crippen LogP contribution in [0.15, 0.2) is 48.5 Å². The summed E-state index contributed by atoms with van der Waals surface area (Å²) in [4.78, 5) is 27.2. The second kappa shape index (κ2) is 7.80. The number of benzene rings is 2. The van der Waals surface area contributed by atoms with Crippen LogP contribution in [0.25, 0.3) is 5.69 Å². The van der Waals surface area contributed by atoms with E-state index >= 15 is 0 Å². The number of aromatic nitrogens is 2. The molecule has 1 unspecified atom stereocenters. The van der Waals surface area contributed by atoms with Crippen LogP contribution in [-0.4, -0.2) is 36.6 Å². The molecule has 1 atom stereocenters. The van der Waals surface area contributed by atoms with E-state index in [0.29, 0.717) is 22.8 Å². The molecule has 1 aromatic heterocycles. The van der Waals surface area contributed by atoms with Gasteiger partial charge in [-0.2, -0.15) is 5.10 Å². The standard InChI is InChI=1S/C23H21FN4O4S/c1-14-4-2-3-5-20(14)28-22(18-12-33(31,32)13-19(18)26-28)25-23(30)15-10-21(29)27(11-15)17-8-6-16(24)7-9-17/h2-9,15H,10-13H2,1H3,(H,25,30). The lowest BCUT2D eigenvalue weighted by molar-refractivity contribution is -0.122. The zero-order valence-electron chi connectivity index (χ0n) is 17.8. The number of halogens is 1. The van der Waals surface area contributed by atoms with Crippen molar-refractivity contribution >= 4 is 33.2 Å². The molecule has 0 radical (unpaired) electrons. The Morgan fingerprint density at radius 3 is 2.58 bits per heavy atom. The molecule has 1 N–H and O–H groups in total. The van der Waals surface area contributed by atoms with Gasteiger partial charge in [-0.25, -0.2) is 17.5 Å². The van der Waals surface area contributed by atoms with Crippen molar-refractivity contribution in [2.75, 3.05) is 16.8 Å². The number of rotatable bonds is 4. The number of amides is 2. The van der Waals surface area contributed by atoms with Crippen molar-refractivity contribution < 1.29 is 22.4 Å². The van der Waals surface area contributed by atoms with Crippen LogP contribution in [0, 0.1) is 18.7 Å². The number of nitrogens with one attached hydrogen (secondary N) is 1. The summed E-state index contributed by atoms with van der Waals surface area (Å²) in [6.45, 7) is 2.05. The van der Waals surface area contributed by atoms with Crippen LogP contribution in [0.2, 0.25) is 0 Å². The lowest BCUT2D eigenvalue weighted by Gasteiger charge is -2.17. The molecule has 1 saturated heterocycles. The predicted molar refractivity (Wildman–Crippen MR) is 120 cm³/mol. The molecule has 0 saturated carbocycles. The van der Waals surface area contributed by atoms with E-state index in [1.165, 1.54) is 29.2 Å². The van der Waals surface area contributed by atoms with Crippen LogP contribution in [0.5, 0.6) is 0 Å². The van der Waals surface area contributed by atoms with E-state index in [0.717, 1.165) is 11.3 Å². The van der Waals surface area contributed by atoms with Crippen molar-refractivity contribution in [2.45, 2.75) is 24.9 Å². The summed E-state index contributed by atoms with van der Waals surface area (Å²) in [6, 6.07) is 13.0. The number of nitrogens with zero attached hydrogens (tertiary/aromatic N) is 3. The van der Waals surface area contributed by atoms with Crippen molar-refractivity contribution in [3.05, 3.63) is 71.2 Å². The minimum atomic E-state index is -3.33. The molecule has 2 aliphatic rings. The van der Waals surface area contributed by atoms with Gasteiger partial charge in [0.05, 0.1) is 28.8 Å². The lowest BCUT2D eigenvalue weighted by atomic mass is 10.1. The fraction of sp³-hybridized carbons (Fsp3) is 0.261. The molecule has 2 aliphatic heterocycles. The van der Waals surface area contributed by atoms with Crippen molar-refractivity contribution in [1.29, 1.82) is 0 Å². The summed E-state index contributed by atoms with van der Waals surface area (Å²) < 4.78 is 39.2. The number of fused-ring (bicyclic) bond motifs is 1. The predicted octanol–water partition coefficient (Wildman–Crippen LogP) is 2.74. The highest BCUT2D eigenvalue weighted by Gasteiger charge is 2.38. The van der Waals surface area contributed by atoms with Gasteiger partial charge in [-0.05, 0) is 42.8 Å². The fourth-order valence-electron chi connectivity index (χ4n) is 4.32. The second-order valence-corrected chi connectivity index (χ2v) is 10.4. The van der Waals surface area contributed by atoms with Gasteiger partial charge in [-0.15, -0.1) is 0 Å². The maximum atomic E-state index is 13.2. The van der Waals surface area contributed by atoms with Gasteiger partial charge in [-0.1, -0.05) is 18.2 Å². The molecule has 2 amide bonds. The van der Waals surface area contributed by atoms with Gasteiger partial charge in [0.1, 0.15) is 11.6 Å². The maximum Gasteiger partial charge on any atom is 0.230 e.